The van der Waals surface area contributed by atoms with Crippen molar-refractivity contribution < 1.29 is 0 Å². The summed E-state index contributed by atoms with van der Waals surface area (Å²) in [5.74, 6) is 1.17. The minimum atomic E-state index is 0.323. The molecule has 4 nitrogen and oxygen atoms in total. The molecule has 2 rings (SSSR count). The van der Waals surface area contributed by atoms with E-state index in [1.165, 1.54) is 0 Å². The second-order valence-corrected chi connectivity index (χ2v) is 5.83. The van der Waals surface area contributed by atoms with Crippen LogP contribution in [0.4, 0.5) is 0 Å². The summed E-state index contributed by atoms with van der Waals surface area (Å²) in [7, 11) is 0. The summed E-state index contributed by atoms with van der Waals surface area (Å²) < 4.78 is 2.14. The summed E-state index contributed by atoms with van der Waals surface area (Å²) in [4.78, 5) is 0. The summed E-state index contributed by atoms with van der Waals surface area (Å²) in [6.07, 6.45) is 3.66. The molecule has 1 N–H and O–H groups in total. The average Bonchev–Trinajstić information content (AvgIpc) is 2.83. The Bertz CT molecular complexity index is 701. The lowest BCUT2D eigenvalue weighted by Crippen LogP contribution is -2.05. The van der Waals surface area contributed by atoms with Gasteiger partial charge in [0.1, 0.15) is 0 Å². The normalized spacial score (nSPS) is 11.7. The molecule has 0 bridgehead atoms. The van der Waals surface area contributed by atoms with Crippen molar-refractivity contribution in [1.82, 2.24) is 14.9 Å². The van der Waals surface area contributed by atoms with E-state index in [0.717, 1.165) is 24.2 Å². The Hall–Kier alpha value is -1.17. The first-order valence-corrected chi connectivity index (χ1v) is 7.89. The van der Waals surface area contributed by atoms with Gasteiger partial charge in [0.05, 0.1) is 16.3 Å². The predicted octanol–water partition coefficient (Wildman–Crippen LogP) is 5.03. The lowest BCUT2D eigenvalue weighted by Gasteiger charge is -2.10. The van der Waals surface area contributed by atoms with Gasteiger partial charge in [-0.05, 0) is 42.8 Å². The topological polar surface area (TPSA) is 46.0 Å². The largest absolute Gasteiger partial charge is 0.250 e. The molecule has 0 aliphatic heterocycles. The van der Waals surface area contributed by atoms with Gasteiger partial charge in [0.2, 0.25) is 4.77 Å². The summed E-state index contributed by atoms with van der Waals surface area (Å²) >= 11 is 17.1. The van der Waals surface area contributed by atoms with Gasteiger partial charge in [-0.25, -0.2) is 0 Å². The first-order valence-electron chi connectivity index (χ1n) is 6.73. The second kappa shape index (κ2) is 7.20. The SMILES string of the molecule is CCC(CC)c1n[nH]c(=S)n1/N=C\c1ccc(Cl)c(Cl)c1. The molecule has 7 heteroatoms. The Morgan fingerprint density at radius 2 is 2.05 bits per heavy atom. The van der Waals surface area contributed by atoms with Gasteiger partial charge in [0.25, 0.3) is 0 Å². The van der Waals surface area contributed by atoms with Crippen LogP contribution in [-0.4, -0.2) is 21.1 Å². The highest BCUT2D eigenvalue weighted by Crippen LogP contribution is 2.23. The first kappa shape index (κ1) is 16.2. The number of halogens is 2. The summed E-state index contributed by atoms with van der Waals surface area (Å²) in [6.45, 7) is 4.25. The van der Waals surface area contributed by atoms with E-state index in [1.54, 1.807) is 23.0 Å². The van der Waals surface area contributed by atoms with Crippen LogP contribution in [0.25, 0.3) is 0 Å². The van der Waals surface area contributed by atoms with Gasteiger partial charge < -0.3 is 0 Å². The van der Waals surface area contributed by atoms with Crippen LogP contribution < -0.4 is 0 Å². The predicted molar refractivity (Wildman–Crippen MR) is 90.2 cm³/mol. The van der Waals surface area contributed by atoms with Crippen molar-refractivity contribution >= 4 is 41.6 Å². The number of H-pyrrole nitrogens is 1. The van der Waals surface area contributed by atoms with Crippen molar-refractivity contribution in [2.24, 2.45) is 5.10 Å². The number of aromatic nitrogens is 3. The van der Waals surface area contributed by atoms with E-state index in [0.29, 0.717) is 20.7 Å². The molecule has 1 aromatic heterocycles. The molecule has 112 valence electrons. The molecule has 0 saturated heterocycles. The van der Waals surface area contributed by atoms with Crippen molar-refractivity contribution in [3.63, 3.8) is 0 Å². The van der Waals surface area contributed by atoms with Gasteiger partial charge in [0.15, 0.2) is 5.82 Å². The molecule has 0 amide bonds. The Morgan fingerprint density at radius 1 is 1.33 bits per heavy atom. The van der Waals surface area contributed by atoms with Crippen molar-refractivity contribution in [2.75, 3.05) is 0 Å². The van der Waals surface area contributed by atoms with E-state index in [-0.39, 0.29) is 0 Å². The summed E-state index contributed by atoms with van der Waals surface area (Å²) in [6, 6.07) is 5.34. The standard InChI is InChI=1S/C14H16Cl2N4S/c1-3-10(4-2)13-18-19-14(21)20(13)17-8-9-5-6-11(15)12(16)7-9/h5-8,10H,3-4H2,1-2H3,(H,19,21)/b17-8-. The zero-order chi connectivity index (χ0) is 15.4. The minimum Gasteiger partial charge on any atom is -0.250 e. The van der Waals surface area contributed by atoms with Crippen molar-refractivity contribution in [2.45, 2.75) is 32.6 Å². The molecular formula is C14H16Cl2N4S. The van der Waals surface area contributed by atoms with Crippen LogP contribution in [0.2, 0.25) is 10.0 Å². The lowest BCUT2D eigenvalue weighted by molar-refractivity contribution is 0.571. The zero-order valence-electron chi connectivity index (χ0n) is 11.8. The number of aromatic amines is 1. The van der Waals surface area contributed by atoms with Gasteiger partial charge >= 0.3 is 0 Å². The van der Waals surface area contributed by atoms with Crippen LogP contribution in [0.5, 0.6) is 0 Å². The maximum absolute atomic E-state index is 5.99. The Labute approximate surface area is 138 Å². The quantitative estimate of drug-likeness (QED) is 0.611. The molecule has 21 heavy (non-hydrogen) atoms. The van der Waals surface area contributed by atoms with Crippen LogP contribution in [0.3, 0.4) is 0 Å². The highest BCUT2D eigenvalue weighted by molar-refractivity contribution is 7.71. The van der Waals surface area contributed by atoms with E-state index in [1.807, 2.05) is 6.07 Å². The summed E-state index contributed by atoms with van der Waals surface area (Å²) in [5.41, 5.74) is 0.850. The van der Waals surface area contributed by atoms with Gasteiger partial charge in [0, 0.05) is 5.92 Å². The molecule has 0 radical (unpaired) electrons. The second-order valence-electron chi connectivity index (χ2n) is 4.63. The van der Waals surface area contributed by atoms with Crippen molar-refractivity contribution in [1.29, 1.82) is 0 Å². The van der Waals surface area contributed by atoms with E-state index < -0.39 is 0 Å². The molecule has 0 saturated carbocycles. The molecule has 0 unspecified atom stereocenters. The number of nitrogens with zero attached hydrogens (tertiary/aromatic N) is 3. The number of rotatable bonds is 5. The lowest BCUT2D eigenvalue weighted by atomic mass is 10.0. The molecule has 0 aliphatic rings. The molecule has 0 fully saturated rings. The first-order chi connectivity index (χ1) is 10.1. The van der Waals surface area contributed by atoms with Gasteiger partial charge in [-0.1, -0.05) is 43.1 Å². The zero-order valence-corrected chi connectivity index (χ0v) is 14.1. The molecule has 1 aromatic carbocycles. The van der Waals surface area contributed by atoms with Gasteiger partial charge in [-0.3, -0.25) is 5.10 Å². The minimum absolute atomic E-state index is 0.323. The van der Waals surface area contributed by atoms with Crippen LogP contribution >= 0.6 is 35.4 Å². The average molecular weight is 343 g/mol. The highest BCUT2D eigenvalue weighted by atomic mass is 35.5. The summed E-state index contributed by atoms with van der Waals surface area (Å²) in [5, 5.41) is 12.5. The van der Waals surface area contributed by atoms with Crippen LogP contribution in [0, 0.1) is 4.77 Å². The molecule has 0 atom stereocenters. The molecular weight excluding hydrogens is 327 g/mol. The third-order valence-corrected chi connectivity index (χ3v) is 4.30. The Balaban J connectivity index is 2.34. The van der Waals surface area contributed by atoms with Crippen molar-refractivity contribution in [3.05, 3.63) is 44.4 Å². The number of hydrogen-bond acceptors (Lipinski definition) is 3. The third kappa shape index (κ3) is 3.73. The van der Waals surface area contributed by atoms with Crippen molar-refractivity contribution in [3.8, 4) is 0 Å². The fraction of sp³-hybridized carbons (Fsp3) is 0.357. The number of benzene rings is 1. The molecule has 0 aliphatic carbocycles. The maximum atomic E-state index is 5.99. The smallest absolute Gasteiger partial charge is 0.216 e. The monoisotopic (exact) mass is 342 g/mol. The highest BCUT2D eigenvalue weighted by Gasteiger charge is 2.14. The fourth-order valence-electron chi connectivity index (χ4n) is 2.05. The van der Waals surface area contributed by atoms with E-state index in [9.17, 15) is 0 Å². The Morgan fingerprint density at radius 3 is 2.67 bits per heavy atom. The maximum Gasteiger partial charge on any atom is 0.216 e. The van der Waals surface area contributed by atoms with E-state index in [2.05, 4.69) is 29.1 Å². The van der Waals surface area contributed by atoms with E-state index >= 15 is 0 Å². The van der Waals surface area contributed by atoms with Gasteiger partial charge in [-0.15, -0.1) is 0 Å². The Kier molecular flexibility index (Phi) is 5.56. The number of hydrogen-bond donors (Lipinski definition) is 1. The molecule has 1 heterocycles. The third-order valence-electron chi connectivity index (χ3n) is 3.29. The molecule has 0 spiro atoms. The fourth-order valence-corrected chi connectivity index (χ4v) is 2.54. The van der Waals surface area contributed by atoms with Crippen LogP contribution in [0.15, 0.2) is 23.3 Å². The van der Waals surface area contributed by atoms with Gasteiger partial charge in [-0.2, -0.15) is 14.9 Å². The van der Waals surface area contributed by atoms with E-state index in [4.69, 9.17) is 35.4 Å². The van der Waals surface area contributed by atoms with Crippen LogP contribution in [-0.2, 0) is 0 Å². The molecule has 2 aromatic rings. The van der Waals surface area contributed by atoms with Crippen LogP contribution in [0.1, 0.15) is 44.0 Å². The number of nitrogens with one attached hydrogen (secondary N) is 1.